The molecule has 2 aromatic carbocycles. The minimum atomic E-state index is -0.0615. The zero-order chi connectivity index (χ0) is 19.9. The van der Waals surface area contributed by atoms with E-state index in [9.17, 15) is 4.79 Å². The first-order valence-corrected chi connectivity index (χ1v) is 10.0. The first-order chi connectivity index (χ1) is 13.6. The van der Waals surface area contributed by atoms with Gasteiger partial charge in [-0.3, -0.25) is 9.69 Å². The fourth-order valence-electron chi connectivity index (χ4n) is 2.80. The summed E-state index contributed by atoms with van der Waals surface area (Å²) in [5.74, 6) is 0.701. The maximum absolute atomic E-state index is 13.0. The van der Waals surface area contributed by atoms with Crippen molar-refractivity contribution in [2.45, 2.75) is 6.42 Å². The number of carbonyl (C=O) groups is 1. The minimum Gasteiger partial charge on any atom is -0.497 e. The highest BCUT2D eigenvalue weighted by molar-refractivity contribution is 7.22. The third kappa shape index (κ3) is 5.18. The lowest BCUT2D eigenvalue weighted by Crippen LogP contribution is -2.32. The standard InChI is InChI=1S/C22H25N3O2S/c1-24(2)14-7-15-25(21(26)13-10-17-8-5-4-6-9-17)22-23-19-16-18(27-3)11-12-20(19)28-22/h4-6,8-13,16H,7,14-15H2,1-3H3/b13-10+. The smallest absolute Gasteiger partial charge is 0.252 e. The van der Waals surface area contributed by atoms with E-state index in [0.29, 0.717) is 11.7 Å². The summed E-state index contributed by atoms with van der Waals surface area (Å²) in [5, 5.41) is 0.713. The third-order valence-corrected chi connectivity index (χ3v) is 5.34. The Morgan fingerprint density at radius 3 is 2.64 bits per heavy atom. The molecule has 5 nitrogen and oxygen atoms in total. The zero-order valence-corrected chi connectivity index (χ0v) is 17.3. The lowest BCUT2D eigenvalue weighted by molar-refractivity contribution is -0.114. The van der Waals surface area contributed by atoms with Gasteiger partial charge in [-0.15, -0.1) is 0 Å². The van der Waals surface area contributed by atoms with Gasteiger partial charge in [0, 0.05) is 18.7 Å². The van der Waals surface area contributed by atoms with Crippen molar-refractivity contribution in [1.29, 1.82) is 0 Å². The molecule has 1 amide bonds. The lowest BCUT2D eigenvalue weighted by Gasteiger charge is -2.19. The molecule has 3 aromatic rings. The maximum Gasteiger partial charge on any atom is 0.252 e. The predicted octanol–water partition coefficient (Wildman–Crippen LogP) is 4.30. The van der Waals surface area contributed by atoms with E-state index in [0.717, 1.165) is 34.5 Å². The monoisotopic (exact) mass is 395 g/mol. The van der Waals surface area contributed by atoms with Gasteiger partial charge in [-0.25, -0.2) is 4.98 Å². The number of amides is 1. The second kappa shape index (κ2) is 9.48. The fraction of sp³-hybridized carbons (Fsp3) is 0.273. The average molecular weight is 396 g/mol. The van der Waals surface area contributed by atoms with Crippen LogP contribution in [-0.2, 0) is 4.79 Å². The van der Waals surface area contributed by atoms with Crippen molar-refractivity contribution < 1.29 is 9.53 Å². The number of rotatable bonds is 8. The minimum absolute atomic E-state index is 0.0615. The Morgan fingerprint density at radius 2 is 1.93 bits per heavy atom. The van der Waals surface area contributed by atoms with Gasteiger partial charge in [0.15, 0.2) is 5.13 Å². The van der Waals surface area contributed by atoms with Crippen LogP contribution in [0.25, 0.3) is 16.3 Å². The summed E-state index contributed by atoms with van der Waals surface area (Å²) in [6.45, 7) is 1.53. The van der Waals surface area contributed by atoms with Gasteiger partial charge in [-0.1, -0.05) is 41.7 Å². The Balaban J connectivity index is 1.85. The molecule has 0 saturated heterocycles. The Hall–Kier alpha value is -2.70. The molecule has 1 heterocycles. The van der Waals surface area contributed by atoms with Crippen LogP contribution in [0.15, 0.2) is 54.6 Å². The quantitative estimate of drug-likeness (QED) is 0.534. The van der Waals surface area contributed by atoms with Gasteiger partial charge in [-0.2, -0.15) is 0 Å². The number of hydrogen-bond donors (Lipinski definition) is 0. The number of anilines is 1. The lowest BCUT2D eigenvalue weighted by atomic mass is 10.2. The van der Waals surface area contributed by atoms with Crippen molar-refractivity contribution in [3.8, 4) is 5.75 Å². The molecule has 28 heavy (non-hydrogen) atoms. The van der Waals surface area contributed by atoms with Crippen LogP contribution in [0, 0.1) is 0 Å². The summed E-state index contributed by atoms with van der Waals surface area (Å²) in [5.41, 5.74) is 1.84. The normalized spacial score (nSPS) is 11.4. The van der Waals surface area contributed by atoms with E-state index < -0.39 is 0 Å². The molecular weight excluding hydrogens is 370 g/mol. The average Bonchev–Trinajstić information content (AvgIpc) is 3.12. The molecule has 0 atom stereocenters. The first-order valence-electron chi connectivity index (χ1n) is 9.21. The topological polar surface area (TPSA) is 45.7 Å². The van der Waals surface area contributed by atoms with Gasteiger partial charge in [0.1, 0.15) is 5.75 Å². The van der Waals surface area contributed by atoms with Crippen LogP contribution in [0.3, 0.4) is 0 Å². The van der Waals surface area contributed by atoms with Gasteiger partial charge in [0.2, 0.25) is 0 Å². The Morgan fingerprint density at radius 1 is 1.14 bits per heavy atom. The van der Waals surface area contributed by atoms with Crippen molar-refractivity contribution in [3.63, 3.8) is 0 Å². The van der Waals surface area contributed by atoms with Gasteiger partial charge in [0.25, 0.3) is 5.91 Å². The van der Waals surface area contributed by atoms with E-state index in [1.807, 2.05) is 68.7 Å². The van der Waals surface area contributed by atoms with Crippen LogP contribution in [0.1, 0.15) is 12.0 Å². The molecule has 0 aliphatic carbocycles. The molecule has 0 aliphatic rings. The fourth-order valence-corrected chi connectivity index (χ4v) is 3.78. The molecule has 0 unspecified atom stereocenters. The molecular formula is C22H25N3O2S. The van der Waals surface area contributed by atoms with Gasteiger partial charge in [0.05, 0.1) is 17.3 Å². The van der Waals surface area contributed by atoms with Crippen molar-refractivity contribution in [2.24, 2.45) is 0 Å². The van der Waals surface area contributed by atoms with Crippen molar-refractivity contribution in [3.05, 3.63) is 60.2 Å². The first kappa shape index (κ1) is 20.0. The Labute approximate surface area is 169 Å². The van der Waals surface area contributed by atoms with E-state index in [-0.39, 0.29) is 5.91 Å². The van der Waals surface area contributed by atoms with Crippen molar-refractivity contribution in [2.75, 3.05) is 39.2 Å². The highest BCUT2D eigenvalue weighted by Crippen LogP contribution is 2.31. The highest BCUT2D eigenvalue weighted by Gasteiger charge is 2.18. The molecule has 0 spiro atoms. The summed E-state index contributed by atoms with van der Waals surface area (Å²) in [6.07, 6.45) is 4.34. The zero-order valence-electron chi connectivity index (χ0n) is 16.5. The molecule has 0 N–H and O–H groups in total. The highest BCUT2D eigenvalue weighted by atomic mass is 32.1. The van der Waals surface area contributed by atoms with Crippen LogP contribution in [0.2, 0.25) is 0 Å². The number of aromatic nitrogens is 1. The summed E-state index contributed by atoms with van der Waals surface area (Å²) < 4.78 is 6.32. The number of carbonyl (C=O) groups excluding carboxylic acids is 1. The number of nitrogens with zero attached hydrogens (tertiary/aromatic N) is 3. The summed E-state index contributed by atoms with van der Waals surface area (Å²) >= 11 is 1.52. The number of hydrogen-bond acceptors (Lipinski definition) is 5. The Bertz CT molecular complexity index is 951. The molecule has 0 saturated carbocycles. The van der Waals surface area contributed by atoms with Gasteiger partial charge in [-0.05, 0) is 50.8 Å². The maximum atomic E-state index is 13.0. The number of thiazole rings is 1. The molecule has 6 heteroatoms. The number of benzene rings is 2. The number of ether oxygens (including phenoxy) is 1. The van der Waals surface area contributed by atoms with Gasteiger partial charge >= 0.3 is 0 Å². The van der Waals surface area contributed by atoms with E-state index >= 15 is 0 Å². The number of fused-ring (bicyclic) bond motifs is 1. The van der Waals surface area contributed by atoms with Gasteiger partial charge < -0.3 is 9.64 Å². The number of methoxy groups -OCH3 is 1. The van der Waals surface area contributed by atoms with E-state index in [2.05, 4.69) is 4.90 Å². The predicted molar refractivity (Wildman–Crippen MR) is 117 cm³/mol. The van der Waals surface area contributed by atoms with Crippen LogP contribution in [-0.4, -0.2) is 50.1 Å². The summed E-state index contributed by atoms with van der Waals surface area (Å²) in [7, 11) is 5.71. The van der Waals surface area contributed by atoms with Crippen molar-refractivity contribution in [1.82, 2.24) is 9.88 Å². The van der Waals surface area contributed by atoms with E-state index in [1.54, 1.807) is 18.1 Å². The molecule has 1 aromatic heterocycles. The van der Waals surface area contributed by atoms with Crippen LogP contribution < -0.4 is 9.64 Å². The van der Waals surface area contributed by atoms with Crippen LogP contribution in [0.5, 0.6) is 5.75 Å². The summed E-state index contributed by atoms with van der Waals surface area (Å²) in [4.78, 5) is 21.5. The van der Waals surface area contributed by atoms with E-state index in [1.165, 1.54) is 11.3 Å². The van der Waals surface area contributed by atoms with Crippen molar-refractivity contribution >= 4 is 38.7 Å². The summed E-state index contributed by atoms with van der Waals surface area (Å²) in [6, 6.07) is 15.6. The second-order valence-corrected chi connectivity index (χ2v) is 7.73. The SMILES string of the molecule is COc1ccc2sc(N(CCCN(C)C)C(=O)/C=C/c3ccccc3)nc2c1. The molecule has 0 aliphatic heterocycles. The molecule has 0 fully saturated rings. The molecule has 146 valence electrons. The van der Waals surface area contributed by atoms with Crippen LogP contribution >= 0.6 is 11.3 Å². The molecule has 0 bridgehead atoms. The van der Waals surface area contributed by atoms with E-state index in [4.69, 9.17) is 9.72 Å². The second-order valence-electron chi connectivity index (χ2n) is 6.72. The van der Waals surface area contributed by atoms with Crippen LogP contribution in [0.4, 0.5) is 5.13 Å². The largest absolute Gasteiger partial charge is 0.497 e. The Kier molecular flexibility index (Phi) is 6.79. The molecule has 3 rings (SSSR count). The molecule has 0 radical (unpaired) electrons. The third-order valence-electron chi connectivity index (χ3n) is 4.29.